The number of rotatable bonds is 3. The first-order valence-electron chi connectivity index (χ1n) is 6.11. The van der Waals surface area contributed by atoms with Gasteiger partial charge in [-0.25, -0.2) is 0 Å². The molecule has 1 aliphatic rings. The molecule has 1 fully saturated rings. The summed E-state index contributed by atoms with van der Waals surface area (Å²) in [6.45, 7) is 2.91. The van der Waals surface area contributed by atoms with E-state index in [0.717, 1.165) is 6.54 Å². The van der Waals surface area contributed by atoms with Crippen LogP contribution in [0, 0.1) is 6.92 Å². The Labute approximate surface area is 106 Å². The molecule has 1 heterocycles. The van der Waals surface area contributed by atoms with Gasteiger partial charge in [0.15, 0.2) is 0 Å². The molecule has 0 atom stereocenters. The normalized spacial score (nSPS) is 17.1. The quantitative estimate of drug-likeness (QED) is 0.873. The first-order valence-corrected chi connectivity index (χ1v) is 6.93. The molecule has 1 aromatic heterocycles. The monoisotopic (exact) mass is 243 g/mol. The van der Waals surface area contributed by atoms with Gasteiger partial charge < -0.3 is 5.73 Å². The topological polar surface area (TPSA) is 26.0 Å². The smallest absolute Gasteiger partial charge is 0.0345 e. The predicted molar refractivity (Wildman–Crippen MR) is 74.5 cm³/mol. The number of hydrogen-bond donors (Lipinski definition) is 1. The van der Waals surface area contributed by atoms with Gasteiger partial charge in [0.2, 0.25) is 0 Å². The third-order valence-corrected chi connectivity index (χ3v) is 5.09. The highest BCUT2D eigenvalue weighted by molar-refractivity contribution is 7.15. The van der Waals surface area contributed by atoms with Crippen molar-refractivity contribution >= 4 is 11.3 Å². The van der Waals surface area contributed by atoms with Crippen LogP contribution in [-0.2, 0) is 5.41 Å². The zero-order chi connectivity index (χ0) is 11.9. The van der Waals surface area contributed by atoms with Crippen molar-refractivity contribution < 1.29 is 0 Å². The van der Waals surface area contributed by atoms with E-state index in [0.29, 0.717) is 5.41 Å². The molecule has 1 saturated carbocycles. The van der Waals surface area contributed by atoms with Gasteiger partial charge in [-0.1, -0.05) is 29.8 Å². The molecule has 0 saturated heterocycles. The number of aryl methyl sites for hydroxylation is 1. The molecular formula is C15H17NS. The number of benzene rings is 1. The van der Waals surface area contributed by atoms with Gasteiger partial charge in [0.1, 0.15) is 0 Å². The lowest BCUT2D eigenvalue weighted by molar-refractivity contribution is 0.720. The average molecular weight is 243 g/mol. The van der Waals surface area contributed by atoms with E-state index >= 15 is 0 Å². The summed E-state index contributed by atoms with van der Waals surface area (Å²) in [5, 5.41) is 0. The lowest BCUT2D eigenvalue weighted by Gasteiger charge is -2.08. The van der Waals surface area contributed by atoms with Crippen molar-refractivity contribution in [1.82, 2.24) is 0 Å². The Hall–Kier alpha value is -1.12. The van der Waals surface area contributed by atoms with Gasteiger partial charge in [-0.3, -0.25) is 0 Å². The van der Waals surface area contributed by atoms with Crippen LogP contribution in [0.15, 0.2) is 36.4 Å². The minimum atomic E-state index is 0.327. The fourth-order valence-corrected chi connectivity index (χ4v) is 3.46. The van der Waals surface area contributed by atoms with Crippen molar-refractivity contribution in [2.24, 2.45) is 5.73 Å². The van der Waals surface area contributed by atoms with Gasteiger partial charge in [0, 0.05) is 21.7 Å². The second-order valence-electron chi connectivity index (χ2n) is 5.01. The van der Waals surface area contributed by atoms with Gasteiger partial charge in [-0.15, -0.1) is 11.3 Å². The van der Waals surface area contributed by atoms with Gasteiger partial charge in [-0.05, 0) is 37.5 Å². The first kappa shape index (κ1) is 11.0. The van der Waals surface area contributed by atoms with Crippen LogP contribution in [0.1, 0.15) is 23.3 Å². The van der Waals surface area contributed by atoms with Crippen molar-refractivity contribution in [3.05, 3.63) is 46.8 Å². The van der Waals surface area contributed by atoms with Crippen LogP contribution in [0.5, 0.6) is 0 Å². The van der Waals surface area contributed by atoms with Crippen LogP contribution in [-0.4, -0.2) is 6.54 Å². The largest absolute Gasteiger partial charge is 0.330 e. The summed E-state index contributed by atoms with van der Waals surface area (Å²) in [5.74, 6) is 0. The van der Waals surface area contributed by atoms with Crippen LogP contribution in [0.25, 0.3) is 10.4 Å². The van der Waals surface area contributed by atoms with E-state index in [4.69, 9.17) is 5.73 Å². The zero-order valence-corrected chi connectivity index (χ0v) is 10.9. The summed E-state index contributed by atoms with van der Waals surface area (Å²) < 4.78 is 0. The van der Waals surface area contributed by atoms with Crippen LogP contribution < -0.4 is 5.73 Å². The molecule has 0 amide bonds. The fourth-order valence-electron chi connectivity index (χ4n) is 2.20. The van der Waals surface area contributed by atoms with Gasteiger partial charge >= 0.3 is 0 Å². The molecule has 1 aliphatic carbocycles. The van der Waals surface area contributed by atoms with Crippen molar-refractivity contribution in [3.8, 4) is 10.4 Å². The molecule has 0 unspecified atom stereocenters. The molecule has 0 aliphatic heterocycles. The maximum absolute atomic E-state index is 5.88. The van der Waals surface area contributed by atoms with Crippen LogP contribution in [0.3, 0.4) is 0 Å². The summed E-state index contributed by atoms with van der Waals surface area (Å²) in [6.07, 6.45) is 2.52. The van der Waals surface area contributed by atoms with E-state index < -0.39 is 0 Å². The van der Waals surface area contributed by atoms with E-state index in [1.807, 2.05) is 11.3 Å². The molecule has 0 spiro atoms. The van der Waals surface area contributed by atoms with Gasteiger partial charge in [-0.2, -0.15) is 0 Å². The highest BCUT2D eigenvalue weighted by atomic mass is 32.1. The Kier molecular flexibility index (Phi) is 2.57. The van der Waals surface area contributed by atoms with E-state index in [-0.39, 0.29) is 0 Å². The van der Waals surface area contributed by atoms with Gasteiger partial charge in [0.25, 0.3) is 0 Å². The lowest BCUT2D eigenvalue weighted by atomic mass is 10.1. The second-order valence-corrected chi connectivity index (χ2v) is 6.10. The Morgan fingerprint density at radius 2 is 1.82 bits per heavy atom. The molecule has 17 heavy (non-hydrogen) atoms. The van der Waals surface area contributed by atoms with Crippen molar-refractivity contribution in [3.63, 3.8) is 0 Å². The molecule has 1 nitrogen and oxygen atoms in total. The highest BCUT2D eigenvalue weighted by Crippen LogP contribution is 2.50. The molecule has 0 radical (unpaired) electrons. The summed E-state index contributed by atoms with van der Waals surface area (Å²) in [7, 11) is 0. The fraction of sp³-hybridized carbons (Fsp3) is 0.333. The molecule has 88 valence electrons. The molecule has 3 rings (SSSR count). The average Bonchev–Trinajstić information content (AvgIpc) is 3.00. The molecular weight excluding hydrogens is 226 g/mol. The zero-order valence-electron chi connectivity index (χ0n) is 10.1. The minimum absolute atomic E-state index is 0.327. The molecule has 2 aromatic rings. The summed E-state index contributed by atoms with van der Waals surface area (Å²) >= 11 is 1.91. The van der Waals surface area contributed by atoms with Crippen molar-refractivity contribution in [2.45, 2.75) is 25.2 Å². The van der Waals surface area contributed by atoms with Crippen LogP contribution in [0.2, 0.25) is 0 Å². The highest BCUT2D eigenvalue weighted by Gasteiger charge is 2.43. The minimum Gasteiger partial charge on any atom is -0.330 e. The van der Waals surface area contributed by atoms with E-state index in [2.05, 4.69) is 43.3 Å². The Bertz CT molecular complexity index is 520. The second kappa shape index (κ2) is 3.97. The summed E-state index contributed by atoms with van der Waals surface area (Å²) in [5.41, 5.74) is 8.83. The summed E-state index contributed by atoms with van der Waals surface area (Å²) in [4.78, 5) is 2.83. The number of hydrogen-bond acceptors (Lipinski definition) is 2. The summed E-state index contributed by atoms with van der Waals surface area (Å²) in [6, 6.07) is 13.2. The Morgan fingerprint density at radius 3 is 2.41 bits per heavy atom. The predicted octanol–water partition coefficient (Wildman–Crippen LogP) is 3.71. The Morgan fingerprint density at radius 1 is 1.12 bits per heavy atom. The molecule has 1 aromatic carbocycles. The van der Waals surface area contributed by atoms with E-state index in [9.17, 15) is 0 Å². The third kappa shape index (κ3) is 1.92. The van der Waals surface area contributed by atoms with Crippen LogP contribution in [0.4, 0.5) is 0 Å². The lowest BCUT2D eigenvalue weighted by Crippen LogP contribution is -2.18. The van der Waals surface area contributed by atoms with E-state index in [1.165, 1.54) is 33.7 Å². The van der Waals surface area contributed by atoms with Crippen LogP contribution >= 0.6 is 11.3 Å². The van der Waals surface area contributed by atoms with Gasteiger partial charge in [0.05, 0.1) is 0 Å². The number of thiophene rings is 1. The number of nitrogens with two attached hydrogens (primary N) is 1. The third-order valence-electron chi connectivity index (χ3n) is 3.71. The first-order chi connectivity index (χ1) is 8.23. The SMILES string of the molecule is Cc1ccc(-c2ccc(C3(CN)CC3)s2)cc1. The standard InChI is InChI=1S/C15H17NS/c1-11-2-4-12(5-3-11)13-6-7-14(17-13)15(10-16)8-9-15/h2-7H,8-10,16H2,1H3. The van der Waals surface area contributed by atoms with E-state index in [1.54, 1.807) is 0 Å². The van der Waals surface area contributed by atoms with Crippen molar-refractivity contribution in [1.29, 1.82) is 0 Å². The Balaban J connectivity index is 1.92. The maximum Gasteiger partial charge on any atom is 0.0345 e. The molecule has 2 N–H and O–H groups in total. The maximum atomic E-state index is 5.88. The van der Waals surface area contributed by atoms with Crippen molar-refractivity contribution in [2.75, 3.05) is 6.54 Å². The molecule has 2 heteroatoms. The molecule has 0 bridgehead atoms.